The molecule has 0 bridgehead atoms. The Balaban J connectivity index is 2.13. The van der Waals surface area contributed by atoms with E-state index in [1.807, 2.05) is 12.1 Å². The molecule has 3 heteroatoms. The van der Waals surface area contributed by atoms with E-state index in [1.165, 1.54) is 19.3 Å². The summed E-state index contributed by atoms with van der Waals surface area (Å²) >= 11 is 3.40. The SMILES string of the molecule is N#Cc1ccc(Br)cc1OC1CCCCC1. The highest BCUT2D eigenvalue weighted by atomic mass is 79.9. The molecule has 0 radical (unpaired) electrons. The van der Waals surface area contributed by atoms with Gasteiger partial charge in [0.2, 0.25) is 0 Å². The summed E-state index contributed by atoms with van der Waals surface area (Å²) in [5.41, 5.74) is 0.619. The van der Waals surface area contributed by atoms with Gasteiger partial charge in [0.1, 0.15) is 11.8 Å². The number of nitrogens with zero attached hydrogens (tertiary/aromatic N) is 1. The van der Waals surface area contributed by atoms with E-state index >= 15 is 0 Å². The number of ether oxygens (including phenoxy) is 1. The number of rotatable bonds is 2. The molecule has 2 rings (SSSR count). The van der Waals surface area contributed by atoms with Crippen LogP contribution in [0, 0.1) is 11.3 Å². The van der Waals surface area contributed by atoms with Crippen molar-refractivity contribution < 1.29 is 4.74 Å². The zero-order valence-electron chi connectivity index (χ0n) is 9.08. The van der Waals surface area contributed by atoms with Gasteiger partial charge in [0.05, 0.1) is 11.7 Å². The minimum Gasteiger partial charge on any atom is -0.489 e. The fraction of sp³-hybridized carbons (Fsp3) is 0.462. The van der Waals surface area contributed by atoms with Crippen molar-refractivity contribution in [3.05, 3.63) is 28.2 Å². The quantitative estimate of drug-likeness (QED) is 0.819. The van der Waals surface area contributed by atoms with Crippen LogP contribution in [0.5, 0.6) is 5.75 Å². The lowest BCUT2D eigenvalue weighted by Crippen LogP contribution is -2.20. The lowest BCUT2D eigenvalue weighted by atomic mass is 9.98. The second-order valence-electron chi connectivity index (χ2n) is 4.13. The van der Waals surface area contributed by atoms with Crippen LogP contribution in [0.4, 0.5) is 0 Å². The summed E-state index contributed by atoms with van der Waals surface area (Å²) in [6.45, 7) is 0. The van der Waals surface area contributed by atoms with E-state index in [0.29, 0.717) is 11.3 Å². The van der Waals surface area contributed by atoms with Crippen LogP contribution < -0.4 is 4.74 Å². The second-order valence-corrected chi connectivity index (χ2v) is 5.05. The third-order valence-electron chi connectivity index (χ3n) is 2.91. The van der Waals surface area contributed by atoms with Crippen molar-refractivity contribution in [2.75, 3.05) is 0 Å². The van der Waals surface area contributed by atoms with Crippen molar-refractivity contribution in [1.29, 1.82) is 5.26 Å². The largest absolute Gasteiger partial charge is 0.489 e. The molecule has 1 aliphatic carbocycles. The predicted molar refractivity (Wildman–Crippen MR) is 66.4 cm³/mol. The smallest absolute Gasteiger partial charge is 0.138 e. The van der Waals surface area contributed by atoms with E-state index in [1.54, 1.807) is 6.07 Å². The molecule has 0 unspecified atom stereocenters. The van der Waals surface area contributed by atoms with Crippen molar-refractivity contribution in [1.82, 2.24) is 0 Å². The molecular weight excluding hydrogens is 266 g/mol. The molecular formula is C13H14BrNO. The lowest BCUT2D eigenvalue weighted by Gasteiger charge is -2.23. The maximum Gasteiger partial charge on any atom is 0.138 e. The fourth-order valence-electron chi connectivity index (χ4n) is 2.05. The predicted octanol–water partition coefficient (Wildman–Crippen LogP) is 4.03. The average molecular weight is 280 g/mol. The zero-order valence-corrected chi connectivity index (χ0v) is 10.7. The molecule has 2 nitrogen and oxygen atoms in total. The van der Waals surface area contributed by atoms with Crippen LogP contribution in [-0.4, -0.2) is 6.10 Å². The van der Waals surface area contributed by atoms with E-state index in [0.717, 1.165) is 17.3 Å². The first-order valence-corrected chi connectivity index (χ1v) is 6.45. The first kappa shape index (κ1) is 11.5. The van der Waals surface area contributed by atoms with Gasteiger partial charge in [-0.15, -0.1) is 0 Å². The number of hydrogen-bond donors (Lipinski definition) is 0. The summed E-state index contributed by atoms with van der Waals surface area (Å²) < 4.78 is 6.86. The molecule has 1 saturated carbocycles. The molecule has 0 aliphatic heterocycles. The van der Waals surface area contributed by atoms with Crippen LogP contribution >= 0.6 is 15.9 Å². The second kappa shape index (κ2) is 5.36. The highest BCUT2D eigenvalue weighted by Crippen LogP contribution is 2.28. The highest BCUT2D eigenvalue weighted by Gasteiger charge is 2.16. The van der Waals surface area contributed by atoms with Crippen LogP contribution in [0.3, 0.4) is 0 Å². The molecule has 1 fully saturated rings. The Morgan fingerprint density at radius 2 is 2.00 bits per heavy atom. The summed E-state index contributed by atoms with van der Waals surface area (Å²) in [5, 5.41) is 8.99. The molecule has 0 heterocycles. The number of hydrogen-bond acceptors (Lipinski definition) is 2. The molecule has 16 heavy (non-hydrogen) atoms. The van der Waals surface area contributed by atoms with Gasteiger partial charge in [-0.2, -0.15) is 5.26 Å². The number of nitriles is 1. The Hall–Kier alpha value is -1.01. The summed E-state index contributed by atoms with van der Waals surface area (Å²) in [6.07, 6.45) is 6.29. The van der Waals surface area contributed by atoms with E-state index < -0.39 is 0 Å². The highest BCUT2D eigenvalue weighted by molar-refractivity contribution is 9.10. The van der Waals surface area contributed by atoms with Gasteiger partial charge in [0, 0.05) is 4.47 Å². The van der Waals surface area contributed by atoms with Crippen LogP contribution in [0.25, 0.3) is 0 Å². The van der Waals surface area contributed by atoms with Crippen molar-refractivity contribution in [3.8, 4) is 11.8 Å². The molecule has 0 aromatic heterocycles. The van der Waals surface area contributed by atoms with Gasteiger partial charge >= 0.3 is 0 Å². The van der Waals surface area contributed by atoms with Gasteiger partial charge < -0.3 is 4.74 Å². The fourth-order valence-corrected chi connectivity index (χ4v) is 2.39. The number of benzene rings is 1. The molecule has 0 amide bonds. The molecule has 1 aromatic rings. The molecule has 84 valence electrons. The van der Waals surface area contributed by atoms with Crippen molar-refractivity contribution in [3.63, 3.8) is 0 Å². The van der Waals surface area contributed by atoms with Gasteiger partial charge in [-0.1, -0.05) is 22.4 Å². The zero-order chi connectivity index (χ0) is 11.4. The van der Waals surface area contributed by atoms with Crippen molar-refractivity contribution >= 4 is 15.9 Å². The monoisotopic (exact) mass is 279 g/mol. The van der Waals surface area contributed by atoms with Gasteiger partial charge in [-0.25, -0.2) is 0 Å². The minimum atomic E-state index is 0.287. The summed E-state index contributed by atoms with van der Waals surface area (Å²) in [4.78, 5) is 0. The first-order chi connectivity index (χ1) is 7.79. The molecule has 0 N–H and O–H groups in total. The molecule has 0 atom stereocenters. The van der Waals surface area contributed by atoms with E-state index in [2.05, 4.69) is 22.0 Å². The van der Waals surface area contributed by atoms with E-state index in [9.17, 15) is 0 Å². The Morgan fingerprint density at radius 1 is 1.25 bits per heavy atom. The van der Waals surface area contributed by atoms with Crippen molar-refractivity contribution in [2.24, 2.45) is 0 Å². The summed E-state index contributed by atoms with van der Waals surface area (Å²) in [5.74, 6) is 0.712. The number of halogens is 1. The van der Waals surface area contributed by atoms with Crippen LogP contribution in [-0.2, 0) is 0 Å². The Kier molecular flexibility index (Phi) is 3.84. The van der Waals surface area contributed by atoms with Crippen LogP contribution in [0.1, 0.15) is 37.7 Å². The van der Waals surface area contributed by atoms with Crippen molar-refractivity contribution in [2.45, 2.75) is 38.2 Å². The first-order valence-electron chi connectivity index (χ1n) is 5.66. The minimum absolute atomic E-state index is 0.287. The van der Waals surface area contributed by atoms with Gasteiger partial charge in [0.25, 0.3) is 0 Å². The Bertz CT molecular complexity index is 405. The topological polar surface area (TPSA) is 33.0 Å². The summed E-state index contributed by atoms with van der Waals surface area (Å²) in [6, 6.07) is 7.71. The van der Waals surface area contributed by atoms with E-state index in [-0.39, 0.29) is 6.10 Å². The Labute approximate surface area is 104 Å². The summed E-state index contributed by atoms with van der Waals surface area (Å²) in [7, 11) is 0. The maximum absolute atomic E-state index is 8.99. The normalized spacial score (nSPS) is 16.8. The third kappa shape index (κ3) is 2.76. The third-order valence-corrected chi connectivity index (χ3v) is 3.40. The maximum atomic E-state index is 8.99. The molecule has 0 spiro atoms. The van der Waals surface area contributed by atoms with E-state index in [4.69, 9.17) is 10.00 Å². The van der Waals surface area contributed by atoms with Gasteiger partial charge in [0.15, 0.2) is 0 Å². The van der Waals surface area contributed by atoms with Gasteiger partial charge in [-0.05, 0) is 43.9 Å². The molecule has 1 aliphatic rings. The van der Waals surface area contributed by atoms with Crippen LogP contribution in [0.15, 0.2) is 22.7 Å². The molecule has 0 saturated heterocycles. The lowest BCUT2D eigenvalue weighted by molar-refractivity contribution is 0.154. The standard InChI is InChI=1S/C13H14BrNO/c14-11-7-6-10(9-15)13(8-11)16-12-4-2-1-3-5-12/h6-8,12H,1-5H2. The van der Waals surface area contributed by atoms with Crippen LogP contribution in [0.2, 0.25) is 0 Å². The van der Waals surface area contributed by atoms with Gasteiger partial charge in [-0.3, -0.25) is 0 Å². The Morgan fingerprint density at radius 3 is 2.69 bits per heavy atom. The average Bonchev–Trinajstić information content (AvgIpc) is 2.31. The molecule has 1 aromatic carbocycles.